The molecule has 1 aliphatic rings. The largest absolute Gasteiger partial charge is 0.327 e. The lowest BCUT2D eigenvalue weighted by Gasteiger charge is -2.29. The molecular formula is C12H19N3O3S2. The van der Waals surface area contributed by atoms with Gasteiger partial charge in [-0.3, -0.25) is 4.79 Å². The highest BCUT2D eigenvalue weighted by atomic mass is 32.2. The summed E-state index contributed by atoms with van der Waals surface area (Å²) >= 11 is 1.42. The number of carbonyl (C=O) groups excluding carboxylic acids is 1. The first kappa shape index (κ1) is 15.4. The van der Waals surface area contributed by atoms with Gasteiger partial charge < -0.3 is 4.57 Å². The predicted octanol–water partition coefficient (Wildman–Crippen LogP) is 0.576. The monoisotopic (exact) mass is 317 g/mol. The minimum absolute atomic E-state index is 0.112. The Morgan fingerprint density at radius 2 is 2.10 bits per heavy atom. The molecule has 1 saturated heterocycles. The van der Waals surface area contributed by atoms with E-state index in [1.807, 2.05) is 18.6 Å². The topological polar surface area (TPSA) is 71.7 Å². The van der Waals surface area contributed by atoms with Crippen LogP contribution in [0.5, 0.6) is 0 Å². The molecule has 2 heterocycles. The van der Waals surface area contributed by atoms with Crippen molar-refractivity contribution in [2.75, 3.05) is 18.8 Å². The molecule has 1 aromatic heterocycles. The second kappa shape index (κ2) is 6.19. The van der Waals surface area contributed by atoms with Crippen molar-refractivity contribution in [2.45, 2.75) is 19.8 Å². The third-order valence-electron chi connectivity index (χ3n) is 3.53. The summed E-state index contributed by atoms with van der Waals surface area (Å²) in [6, 6.07) is 0. The van der Waals surface area contributed by atoms with Gasteiger partial charge in [-0.2, -0.15) is 4.99 Å². The van der Waals surface area contributed by atoms with E-state index in [1.54, 1.807) is 11.5 Å². The fourth-order valence-corrected chi connectivity index (χ4v) is 4.05. The SMILES string of the molecule is CCS(=O)(=O)N1CCC(C(=O)N=c2sccn2C)CC1. The molecule has 1 fully saturated rings. The first-order chi connectivity index (χ1) is 9.44. The Balaban J connectivity index is 2.01. The molecule has 0 saturated carbocycles. The summed E-state index contributed by atoms with van der Waals surface area (Å²) in [5, 5.41) is 1.88. The van der Waals surface area contributed by atoms with Gasteiger partial charge in [0.1, 0.15) is 0 Å². The number of rotatable bonds is 3. The van der Waals surface area contributed by atoms with Crippen molar-refractivity contribution in [2.24, 2.45) is 18.0 Å². The summed E-state index contributed by atoms with van der Waals surface area (Å²) in [4.78, 5) is 16.9. The molecule has 112 valence electrons. The highest BCUT2D eigenvalue weighted by molar-refractivity contribution is 7.89. The molecule has 1 aromatic rings. The van der Waals surface area contributed by atoms with Crippen molar-refractivity contribution in [3.8, 4) is 0 Å². The summed E-state index contributed by atoms with van der Waals surface area (Å²) in [6.45, 7) is 2.47. The van der Waals surface area contributed by atoms with Crippen LogP contribution in [0.3, 0.4) is 0 Å². The third kappa shape index (κ3) is 3.36. The van der Waals surface area contributed by atoms with Gasteiger partial charge in [0.05, 0.1) is 5.75 Å². The zero-order valence-electron chi connectivity index (χ0n) is 11.7. The molecule has 8 heteroatoms. The van der Waals surface area contributed by atoms with Gasteiger partial charge in [0, 0.05) is 37.6 Å². The number of carbonyl (C=O) groups is 1. The van der Waals surface area contributed by atoms with E-state index in [0.29, 0.717) is 30.7 Å². The lowest BCUT2D eigenvalue weighted by atomic mass is 9.98. The predicted molar refractivity (Wildman–Crippen MR) is 77.6 cm³/mol. The van der Waals surface area contributed by atoms with Crippen molar-refractivity contribution in [1.82, 2.24) is 8.87 Å². The number of aryl methyl sites for hydroxylation is 1. The quantitative estimate of drug-likeness (QED) is 0.818. The normalized spacial score (nSPS) is 19.4. The van der Waals surface area contributed by atoms with Gasteiger partial charge in [-0.1, -0.05) is 0 Å². The average molecular weight is 317 g/mol. The van der Waals surface area contributed by atoms with E-state index in [2.05, 4.69) is 4.99 Å². The van der Waals surface area contributed by atoms with E-state index in [1.165, 1.54) is 15.6 Å². The van der Waals surface area contributed by atoms with Crippen molar-refractivity contribution >= 4 is 27.3 Å². The summed E-state index contributed by atoms with van der Waals surface area (Å²) in [7, 11) is -1.29. The maximum absolute atomic E-state index is 12.1. The number of amides is 1. The second-order valence-electron chi connectivity index (χ2n) is 4.82. The van der Waals surface area contributed by atoms with Crippen LogP contribution in [-0.2, 0) is 21.9 Å². The molecule has 6 nitrogen and oxygen atoms in total. The van der Waals surface area contributed by atoms with Gasteiger partial charge in [-0.05, 0) is 19.8 Å². The number of thiazole rings is 1. The van der Waals surface area contributed by atoms with Crippen molar-refractivity contribution in [3.63, 3.8) is 0 Å². The zero-order valence-corrected chi connectivity index (χ0v) is 13.3. The van der Waals surface area contributed by atoms with Gasteiger partial charge in [0.15, 0.2) is 4.80 Å². The molecule has 0 radical (unpaired) electrons. The van der Waals surface area contributed by atoms with Crippen LogP contribution in [0.1, 0.15) is 19.8 Å². The fourth-order valence-electron chi connectivity index (χ4n) is 2.18. The highest BCUT2D eigenvalue weighted by Crippen LogP contribution is 2.20. The second-order valence-corrected chi connectivity index (χ2v) is 7.95. The van der Waals surface area contributed by atoms with E-state index in [0.717, 1.165) is 0 Å². The van der Waals surface area contributed by atoms with E-state index < -0.39 is 10.0 Å². The van der Waals surface area contributed by atoms with Gasteiger partial charge in [0.2, 0.25) is 10.0 Å². The molecule has 0 spiro atoms. The fraction of sp³-hybridized carbons (Fsp3) is 0.667. The van der Waals surface area contributed by atoms with E-state index in [-0.39, 0.29) is 17.6 Å². The van der Waals surface area contributed by atoms with Crippen LogP contribution in [0.25, 0.3) is 0 Å². The molecule has 1 aliphatic heterocycles. The van der Waals surface area contributed by atoms with Gasteiger partial charge in [0.25, 0.3) is 5.91 Å². The minimum atomic E-state index is -3.14. The van der Waals surface area contributed by atoms with Crippen LogP contribution in [0.4, 0.5) is 0 Å². The summed E-state index contributed by atoms with van der Waals surface area (Å²) < 4.78 is 26.8. The van der Waals surface area contributed by atoms with Crippen LogP contribution >= 0.6 is 11.3 Å². The van der Waals surface area contributed by atoms with Crippen LogP contribution in [0.15, 0.2) is 16.6 Å². The van der Waals surface area contributed by atoms with Gasteiger partial charge in [-0.15, -0.1) is 11.3 Å². The van der Waals surface area contributed by atoms with E-state index >= 15 is 0 Å². The number of aromatic nitrogens is 1. The number of hydrogen-bond donors (Lipinski definition) is 0. The Morgan fingerprint density at radius 1 is 1.45 bits per heavy atom. The number of nitrogens with zero attached hydrogens (tertiary/aromatic N) is 3. The molecule has 0 N–H and O–H groups in total. The van der Waals surface area contributed by atoms with Crippen LogP contribution in [0.2, 0.25) is 0 Å². The summed E-state index contributed by atoms with van der Waals surface area (Å²) in [5.74, 6) is -0.196. The zero-order chi connectivity index (χ0) is 14.8. The molecule has 0 aromatic carbocycles. The first-order valence-electron chi connectivity index (χ1n) is 6.60. The highest BCUT2D eigenvalue weighted by Gasteiger charge is 2.29. The standard InChI is InChI=1S/C12H19N3O3S2/c1-3-20(17,18)15-6-4-10(5-7-15)11(16)13-12-14(2)8-9-19-12/h8-10H,3-7H2,1-2H3. The first-order valence-corrected chi connectivity index (χ1v) is 9.09. The Bertz CT molecular complexity index is 637. The average Bonchev–Trinajstić information content (AvgIpc) is 2.84. The van der Waals surface area contributed by atoms with E-state index in [9.17, 15) is 13.2 Å². The smallest absolute Gasteiger partial charge is 0.251 e. The minimum Gasteiger partial charge on any atom is -0.327 e. The van der Waals surface area contributed by atoms with Crippen molar-refractivity contribution < 1.29 is 13.2 Å². The van der Waals surface area contributed by atoms with Crippen molar-refractivity contribution in [1.29, 1.82) is 0 Å². The Hall–Kier alpha value is -0.990. The van der Waals surface area contributed by atoms with Crippen LogP contribution in [-0.4, -0.2) is 42.0 Å². The summed E-state index contributed by atoms with van der Waals surface area (Å²) in [5.41, 5.74) is 0. The Labute approximate surface area is 122 Å². The van der Waals surface area contributed by atoms with Gasteiger partial charge >= 0.3 is 0 Å². The molecule has 0 bridgehead atoms. The molecule has 1 amide bonds. The maximum atomic E-state index is 12.1. The lowest BCUT2D eigenvalue weighted by molar-refractivity contribution is -0.122. The lowest BCUT2D eigenvalue weighted by Crippen LogP contribution is -2.40. The molecule has 20 heavy (non-hydrogen) atoms. The Kier molecular flexibility index (Phi) is 4.77. The summed E-state index contributed by atoms with van der Waals surface area (Å²) in [6.07, 6.45) is 2.96. The van der Waals surface area contributed by atoms with E-state index in [4.69, 9.17) is 0 Å². The number of hydrogen-bond acceptors (Lipinski definition) is 4. The molecular weight excluding hydrogens is 298 g/mol. The Morgan fingerprint density at radius 3 is 2.60 bits per heavy atom. The molecule has 0 unspecified atom stereocenters. The maximum Gasteiger partial charge on any atom is 0.251 e. The molecule has 0 aliphatic carbocycles. The van der Waals surface area contributed by atoms with Crippen LogP contribution < -0.4 is 4.80 Å². The molecule has 2 rings (SSSR count). The molecule has 0 atom stereocenters. The van der Waals surface area contributed by atoms with Crippen LogP contribution in [0, 0.1) is 5.92 Å². The van der Waals surface area contributed by atoms with Gasteiger partial charge in [-0.25, -0.2) is 12.7 Å². The number of sulfonamides is 1. The number of piperidine rings is 1. The van der Waals surface area contributed by atoms with Crippen molar-refractivity contribution in [3.05, 3.63) is 16.4 Å². The third-order valence-corrected chi connectivity index (χ3v) is 6.26.